The number of nitriles is 1. The van der Waals surface area contributed by atoms with Crippen LogP contribution in [0.4, 0.5) is 5.69 Å². The Bertz CT molecular complexity index is 705. The summed E-state index contributed by atoms with van der Waals surface area (Å²) in [6.07, 6.45) is 2.57. The highest BCUT2D eigenvalue weighted by atomic mass is 16.6. The minimum atomic E-state index is -0.466. The van der Waals surface area contributed by atoms with Gasteiger partial charge in [-0.15, -0.1) is 0 Å². The summed E-state index contributed by atoms with van der Waals surface area (Å²) in [6, 6.07) is 4.87. The Labute approximate surface area is 114 Å². The first-order valence-electron chi connectivity index (χ1n) is 5.67. The van der Waals surface area contributed by atoms with Crippen LogP contribution in [0.2, 0.25) is 0 Å². The molecule has 7 heteroatoms. The first kappa shape index (κ1) is 13.4. The molecule has 0 aliphatic carbocycles. The molecule has 2 aromatic rings. The minimum Gasteiger partial charge on any atom is -0.437 e. The number of nitrogens with zero attached hydrogens (tertiary/aromatic N) is 4. The zero-order chi connectivity index (χ0) is 14.7. The van der Waals surface area contributed by atoms with Gasteiger partial charge in [-0.1, -0.05) is 0 Å². The van der Waals surface area contributed by atoms with Gasteiger partial charge in [-0.25, -0.2) is 9.97 Å². The van der Waals surface area contributed by atoms with E-state index in [0.29, 0.717) is 11.3 Å². The quantitative estimate of drug-likeness (QED) is 0.627. The molecule has 0 bridgehead atoms. The van der Waals surface area contributed by atoms with Crippen molar-refractivity contribution in [2.24, 2.45) is 0 Å². The van der Waals surface area contributed by atoms with Crippen LogP contribution in [0.5, 0.6) is 11.6 Å². The van der Waals surface area contributed by atoms with Crippen LogP contribution in [0.15, 0.2) is 24.5 Å². The molecule has 0 amide bonds. The van der Waals surface area contributed by atoms with Gasteiger partial charge in [-0.3, -0.25) is 10.1 Å². The lowest BCUT2D eigenvalue weighted by atomic mass is 10.1. The topological polar surface area (TPSA) is 102 Å². The maximum Gasteiger partial charge on any atom is 0.276 e. The molecule has 100 valence electrons. The number of aryl methyl sites for hydroxylation is 2. The van der Waals surface area contributed by atoms with Gasteiger partial charge in [0.1, 0.15) is 11.8 Å². The molecule has 0 saturated heterocycles. The second-order valence-electron chi connectivity index (χ2n) is 4.12. The Balaban J connectivity index is 2.35. The second-order valence-corrected chi connectivity index (χ2v) is 4.12. The van der Waals surface area contributed by atoms with Gasteiger partial charge >= 0.3 is 0 Å². The molecule has 7 nitrogen and oxygen atoms in total. The number of rotatable bonds is 3. The third-order valence-corrected chi connectivity index (χ3v) is 2.65. The average Bonchev–Trinajstić information content (AvgIpc) is 2.42. The van der Waals surface area contributed by atoms with Crippen LogP contribution in [-0.2, 0) is 0 Å². The smallest absolute Gasteiger partial charge is 0.276 e. The molecule has 0 aliphatic rings. The Hall–Kier alpha value is -3.01. The fourth-order valence-electron chi connectivity index (χ4n) is 1.67. The van der Waals surface area contributed by atoms with Gasteiger partial charge in [0.2, 0.25) is 5.88 Å². The molecule has 0 atom stereocenters. The molecule has 1 heterocycles. The van der Waals surface area contributed by atoms with E-state index in [2.05, 4.69) is 9.97 Å². The van der Waals surface area contributed by atoms with Crippen molar-refractivity contribution in [3.8, 4) is 17.7 Å². The molecule has 2 rings (SSSR count). The van der Waals surface area contributed by atoms with Gasteiger partial charge in [0.05, 0.1) is 23.4 Å². The van der Waals surface area contributed by atoms with Gasteiger partial charge in [0, 0.05) is 5.56 Å². The zero-order valence-corrected chi connectivity index (χ0v) is 10.8. The number of aromatic nitrogens is 2. The molecule has 1 aromatic carbocycles. The predicted octanol–water partition coefficient (Wildman–Crippen LogP) is 2.67. The molecular formula is C13H10N4O3. The lowest BCUT2D eigenvalue weighted by Crippen LogP contribution is -1.97. The van der Waals surface area contributed by atoms with Crippen molar-refractivity contribution in [1.29, 1.82) is 5.26 Å². The normalized spacial score (nSPS) is 9.85. The van der Waals surface area contributed by atoms with Gasteiger partial charge in [-0.2, -0.15) is 5.26 Å². The van der Waals surface area contributed by atoms with Crippen LogP contribution in [0, 0.1) is 35.3 Å². The van der Waals surface area contributed by atoms with Crippen LogP contribution in [0.3, 0.4) is 0 Å². The summed E-state index contributed by atoms with van der Waals surface area (Å²) in [5.74, 6) is 0.506. The van der Waals surface area contributed by atoms with Crippen molar-refractivity contribution in [2.75, 3.05) is 0 Å². The molecule has 20 heavy (non-hydrogen) atoms. The molecule has 0 radical (unpaired) electrons. The van der Waals surface area contributed by atoms with Crippen molar-refractivity contribution in [3.63, 3.8) is 0 Å². The van der Waals surface area contributed by atoms with Crippen molar-refractivity contribution in [2.45, 2.75) is 13.8 Å². The maximum absolute atomic E-state index is 10.9. The largest absolute Gasteiger partial charge is 0.437 e. The molecule has 0 spiro atoms. The fraction of sp³-hybridized carbons (Fsp3) is 0.154. The highest BCUT2D eigenvalue weighted by Crippen LogP contribution is 2.30. The summed E-state index contributed by atoms with van der Waals surface area (Å²) >= 11 is 0. The number of benzene rings is 1. The third kappa shape index (κ3) is 2.70. The Morgan fingerprint density at radius 3 is 2.55 bits per heavy atom. The molecule has 0 aliphatic heterocycles. The van der Waals surface area contributed by atoms with E-state index in [1.165, 1.54) is 18.5 Å². The zero-order valence-electron chi connectivity index (χ0n) is 10.8. The summed E-state index contributed by atoms with van der Waals surface area (Å²) in [7, 11) is 0. The van der Waals surface area contributed by atoms with Gasteiger partial charge < -0.3 is 4.74 Å². The summed E-state index contributed by atoms with van der Waals surface area (Å²) in [5, 5.41) is 19.5. The molecule has 0 unspecified atom stereocenters. The molecule has 1 aromatic heterocycles. The number of ether oxygens (including phenoxy) is 1. The lowest BCUT2D eigenvalue weighted by Gasteiger charge is -2.08. The van der Waals surface area contributed by atoms with E-state index in [-0.39, 0.29) is 17.3 Å². The van der Waals surface area contributed by atoms with Crippen LogP contribution in [0.25, 0.3) is 0 Å². The fourth-order valence-corrected chi connectivity index (χ4v) is 1.67. The standard InChI is InChI=1S/C13H10N4O3/c1-8-3-9(2)12(4-11(8)17(18)19)20-13-7-15-10(5-14)6-16-13/h3-4,6-7H,1-2H3. The van der Waals surface area contributed by atoms with Crippen molar-refractivity contribution in [3.05, 3.63) is 51.5 Å². The summed E-state index contributed by atoms with van der Waals surface area (Å²) in [4.78, 5) is 18.2. The van der Waals surface area contributed by atoms with Crippen LogP contribution in [0.1, 0.15) is 16.8 Å². The molecule has 0 N–H and O–H groups in total. The first-order valence-corrected chi connectivity index (χ1v) is 5.67. The number of hydrogen-bond donors (Lipinski definition) is 0. The predicted molar refractivity (Wildman–Crippen MR) is 69.4 cm³/mol. The monoisotopic (exact) mass is 270 g/mol. The van der Waals surface area contributed by atoms with E-state index >= 15 is 0 Å². The summed E-state index contributed by atoms with van der Waals surface area (Å²) in [6.45, 7) is 3.44. The first-order chi connectivity index (χ1) is 9.51. The molecule has 0 saturated carbocycles. The van der Waals surface area contributed by atoms with E-state index in [9.17, 15) is 10.1 Å². The van der Waals surface area contributed by atoms with Gasteiger partial charge in [-0.05, 0) is 25.5 Å². The molecule has 0 fully saturated rings. The van der Waals surface area contributed by atoms with Gasteiger partial charge in [0.25, 0.3) is 5.69 Å². The van der Waals surface area contributed by atoms with E-state index < -0.39 is 4.92 Å². The van der Waals surface area contributed by atoms with Crippen LogP contribution < -0.4 is 4.74 Å². The summed E-state index contributed by atoms with van der Waals surface area (Å²) < 4.78 is 5.47. The highest BCUT2D eigenvalue weighted by molar-refractivity contribution is 5.50. The average molecular weight is 270 g/mol. The Morgan fingerprint density at radius 2 is 2.00 bits per heavy atom. The Morgan fingerprint density at radius 1 is 1.25 bits per heavy atom. The minimum absolute atomic E-state index is 0.0211. The van der Waals surface area contributed by atoms with Crippen molar-refractivity contribution in [1.82, 2.24) is 9.97 Å². The third-order valence-electron chi connectivity index (χ3n) is 2.65. The Kier molecular flexibility index (Phi) is 3.57. The SMILES string of the molecule is Cc1cc(C)c([N+](=O)[O-])cc1Oc1cnc(C#N)cn1. The maximum atomic E-state index is 10.9. The van der Waals surface area contributed by atoms with E-state index in [1.807, 2.05) is 6.07 Å². The van der Waals surface area contributed by atoms with Crippen LogP contribution >= 0.6 is 0 Å². The number of nitro groups is 1. The van der Waals surface area contributed by atoms with Crippen molar-refractivity contribution < 1.29 is 9.66 Å². The van der Waals surface area contributed by atoms with Gasteiger partial charge in [0.15, 0.2) is 5.69 Å². The van der Waals surface area contributed by atoms with E-state index in [4.69, 9.17) is 10.00 Å². The van der Waals surface area contributed by atoms with Crippen LogP contribution in [-0.4, -0.2) is 14.9 Å². The highest BCUT2D eigenvalue weighted by Gasteiger charge is 2.15. The molecular weight excluding hydrogens is 260 g/mol. The van der Waals surface area contributed by atoms with E-state index in [1.54, 1.807) is 19.9 Å². The number of nitro benzene ring substituents is 1. The lowest BCUT2D eigenvalue weighted by molar-refractivity contribution is -0.385. The number of hydrogen-bond acceptors (Lipinski definition) is 6. The van der Waals surface area contributed by atoms with Crippen molar-refractivity contribution >= 4 is 5.69 Å². The second kappa shape index (κ2) is 5.32. The summed E-state index contributed by atoms with van der Waals surface area (Å²) in [5.41, 5.74) is 1.46. The van der Waals surface area contributed by atoms with E-state index in [0.717, 1.165) is 5.56 Å².